The quantitative estimate of drug-likeness (QED) is 0.508. The number of hydrogen-bond donors (Lipinski definition) is 1. The third-order valence-corrected chi connectivity index (χ3v) is 7.57. The van der Waals surface area contributed by atoms with Gasteiger partial charge in [-0.3, -0.25) is 9.59 Å². The highest BCUT2D eigenvalue weighted by atomic mass is 35.5. The number of hydrogen-bond acceptors (Lipinski definition) is 4. The largest absolute Gasteiger partial charge is 0.355 e. The number of anilines is 1. The molecule has 1 atom stereocenters. The molecule has 0 saturated heterocycles. The average Bonchev–Trinajstić information content (AvgIpc) is 2.77. The molecule has 0 saturated carbocycles. The van der Waals surface area contributed by atoms with Gasteiger partial charge in [0.15, 0.2) is 0 Å². The van der Waals surface area contributed by atoms with Gasteiger partial charge in [-0.1, -0.05) is 29.3 Å². The summed E-state index contributed by atoms with van der Waals surface area (Å²) in [5.41, 5.74) is 0.504. The van der Waals surface area contributed by atoms with Gasteiger partial charge in [-0.25, -0.2) is 8.70 Å². The van der Waals surface area contributed by atoms with Crippen LogP contribution in [0.2, 0.25) is 10.0 Å². The third-order valence-electron chi connectivity index (χ3n) is 5.04. The molecule has 186 valence electrons. The molecule has 2 amide bonds. The molecule has 2 aromatic carbocycles. The van der Waals surface area contributed by atoms with Crippen LogP contribution in [0.15, 0.2) is 42.5 Å². The average molecular weight is 533 g/mol. The molecule has 1 unspecified atom stereocenters. The molecule has 0 fully saturated rings. The molecule has 0 radical (unpaired) electrons. The van der Waals surface area contributed by atoms with Crippen molar-refractivity contribution in [2.45, 2.75) is 26.4 Å². The van der Waals surface area contributed by atoms with Crippen molar-refractivity contribution in [2.24, 2.45) is 0 Å². The summed E-state index contributed by atoms with van der Waals surface area (Å²) in [6.45, 7) is 2.83. The maximum Gasteiger partial charge on any atom is 0.304 e. The van der Waals surface area contributed by atoms with Crippen LogP contribution in [0.1, 0.15) is 19.4 Å². The van der Waals surface area contributed by atoms with Crippen LogP contribution in [-0.4, -0.2) is 62.7 Å². The highest BCUT2D eigenvalue weighted by molar-refractivity contribution is 7.90. The molecule has 0 aromatic heterocycles. The van der Waals surface area contributed by atoms with Crippen molar-refractivity contribution in [3.05, 3.63) is 63.9 Å². The minimum absolute atomic E-state index is 0.0878. The molecule has 0 bridgehead atoms. The van der Waals surface area contributed by atoms with Gasteiger partial charge in [-0.2, -0.15) is 12.7 Å². The summed E-state index contributed by atoms with van der Waals surface area (Å²) in [6.07, 6.45) is 0. The number of nitrogens with one attached hydrogen (secondary N) is 1. The van der Waals surface area contributed by atoms with Crippen molar-refractivity contribution in [3.63, 3.8) is 0 Å². The number of halogens is 3. The Morgan fingerprint density at radius 1 is 1.06 bits per heavy atom. The van der Waals surface area contributed by atoms with Crippen molar-refractivity contribution in [1.82, 2.24) is 14.5 Å². The first-order valence-corrected chi connectivity index (χ1v) is 12.5. The zero-order valence-corrected chi connectivity index (χ0v) is 21.6. The minimum Gasteiger partial charge on any atom is -0.355 e. The van der Waals surface area contributed by atoms with Crippen LogP contribution >= 0.6 is 23.2 Å². The highest BCUT2D eigenvalue weighted by Crippen LogP contribution is 2.27. The molecule has 12 heteroatoms. The molecule has 0 aliphatic heterocycles. The van der Waals surface area contributed by atoms with Gasteiger partial charge in [-0.15, -0.1) is 0 Å². The van der Waals surface area contributed by atoms with Gasteiger partial charge in [0.25, 0.3) is 0 Å². The van der Waals surface area contributed by atoms with Crippen LogP contribution in [-0.2, 0) is 26.3 Å². The summed E-state index contributed by atoms with van der Waals surface area (Å²) in [5.74, 6) is -1.66. The third kappa shape index (κ3) is 6.59. The summed E-state index contributed by atoms with van der Waals surface area (Å²) in [6, 6.07) is 8.59. The summed E-state index contributed by atoms with van der Waals surface area (Å²) in [7, 11) is -1.51. The van der Waals surface area contributed by atoms with Gasteiger partial charge >= 0.3 is 10.2 Å². The first-order chi connectivity index (χ1) is 15.9. The zero-order valence-electron chi connectivity index (χ0n) is 19.3. The van der Waals surface area contributed by atoms with E-state index in [-0.39, 0.29) is 12.2 Å². The molecule has 0 aliphatic rings. The smallest absolute Gasteiger partial charge is 0.304 e. The zero-order chi connectivity index (χ0) is 25.6. The number of likely N-dealkylation sites (N-methyl/N-ethyl adjacent to an activating group) is 1. The number of carbonyl (C=O) groups excluding carboxylic acids is 2. The monoisotopic (exact) mass is 532 g/mol. The predicted molar refractivity (Wildman–Crippen MR) is 132 cm³/mol. The molecule has 1 N–H and O–H groups in total. The van der Waals surface area contributed by atoms with Crippen LogP contribution in [0, 0.1) is 5.82 Å². The fourth-order valence-corrected chi connectivity index (χ4v) is 4.66. The normalized spacial score (nSPS) is 12.4. The van der Waals surface area contributed by atoms with E-state index in [0.29, 0.717) is 22.2 Å². The van der Waals surface area contributed by atoms with Crippen molar-refractivity contribution in [1.29, 1.82) is 0 Å². The van der Waals surface area contributed by atoms with E-state index in [1.807, 2.05) is 0 Å². The van der Waals surface area contributed by atoms with Gasteiger partial charge in [-0.05, 0) is 50.2 Å². The highest BCUT2D eigenvalue weighted by Gasteiger charge is 2.33. The van der Waals surface area contributed by atoms with E-state index < -0.39 is 40.4 Å². The molecule has 34 heavy (non-hydrogen) atoms. The Morgan fingerprint density at radius 2 is 1.62 bits per heavy atom. The van der Waals surface area contributed by atoms with Crippen LogP contribution < -0.4 is 9.62 Å². The number of benzene rings is 2. The first kappa shape index (κ1) is 27.8. The Balaban J connectivity index is 2.50. The van der Waals surface area contributed by atoms with Crippen LogP contribution in [0.3, 0.4) is 0 Å². The van der Waals surface area contributed by atoms with E-state index in [4.69, 9.17) is 23.2 Å². The van der Waals surface area contributed by atoms with Gasteiger partial charge in [0.2, 0.25) is 11.8 Å². The van der Waals surface area contributed by atoms with E-state index in [1.54, 1.807) is 25.1 Å². The summed E-state index contributed by atoms with van der Waals surface area (Å²) >= 11 is 12.6. The Kier molecular flexibility index (Phi) is 9.69. The lowest BCUT2D eigenvalue weighted by Crippen LogP contribution is -2.52. The van der Waals surface area contributed by atoms with E-state index >= 15 is 0 Å². The molecular formula is C22H27Cl2FN4O4S. The maximum absolute atomic E-state index is 13.5. The van der Waals surface area contributed by atoms with Crippen molar-refractivity contribution in [3.8, 4) is 0 Å². The van der Waals surface area contributed by atoms with Crippen LogP contribution in [0.5, 0.6) is 0 Å². The Hall–Kier alpha value is -2.40. The van der Waals surface area contributed by atoms with E-state index in [9.17, 15) is 22.4 Å². The van der Waals surface area contributed by atoms with E-state index in [0.717, 1.165) is 20.7 Å². The number of nitrogens with zero attached hydrogens (tertiary/aromatic N) is 3. The second-order valence-electron chi connectivity index (χ2n) is 7.57. The predicted octanol–water partition coefficient (Wildman–Crippen LogP) is 3.30. The molecular weight excluding hydrogens is 506 g/mol. The molecule has 0 aliphatic carbocycles. The fraction of sp³-hybridized carbons (Fsp3) is 0.364. The first-order valence-electron chi connectivity index (χ1n) is 10.4. The summed E-state index contributed by atoms with van der Waals surface area (Å²) in [4.78, 5) is 27.3. The van der Waals surface area contributed by atoms with Gasteiger partial charge in [0.1, 0.15) is 18.4 Å². The minimum atomic E-state index is -4.13. The topological polar surface area (TPSA) is 90.0 Å². The number of rotatable bonds is 10. The summed E-state index contributed by atoms with van der Waals surface area (Å²) in [5, 5.41) is 3.25. The Bertz CT molecular complexity index is 1110. The summed E-state index contributed by atoms with van der Waals surface area (Å²) < 4.78 is 41.3. The maximum atomic E-state index is 13.5. The van der Waals surface area contributed by atoms with Crippen molar-refractivity contribution in [2.75, 3.05) is 31.5 Å². The van der Waals surface area contributed by atoms with Gasteiger partial charge in [0.05, 0.1) is 5.69 Å². The van der Waals surface area contributed by atoms with Crippen LogP contribution in [0.4, 0.5) is 10.1 Å². The Labute approximate surface area is 209 Å². The van der Waals surface area contributed by atoms with E-state index in [1.165, 1.54) is 38.1 Å². The van der Waals surface area contributed by atoms with Crippen LogP contribution in [0.25, 0.3) is 0 Å². The molecule has 0 heterocycles. The standard InChI is InChI=1S/C22H27Cl2FN4O4S/c1-5-26-22(31)15(2)28(13-18-19(23)7-6-8-20(18)24)21(30)14-29(34(32,33)27(3)4)17-11-9-16(25)10-12-17/h6-12,15H,5,13-14H2,1-4H3,(H,26,31). The van der Waals surface area contributed by atoms with Crippen molar-refractivity contribution >= 4 is 50.9 Å². The Morgan fingerprint density at radius 3 is 2.12 bits per heavy atom. The van der Waals surface area contributed by atoms with Crippen molar-refractivity contribution < 1.29 is 22.4 Å². The second kappa shape index (κ2) is 11.8. The van der Waals surface area contributed by atoms with Gasteiger partial charge < -0.3 is 10.2 Å². The number of amides is 2. The van der Waals surface area contributed by atoms with E-state index in [2.05, 4.69) is 5.32 Å². The SMILES string of the molecule is CCNC(=O)C(C)N(Cc1c(Cl)cccc1Cl)C(=O)CN(c1ccc(F)cc1)S(=O)(=O)N(C)C. The molecule has 2 aromatic rings. The lowest BCUT2D eigenvalue weighted by atomic mass is 10.1. The second-order valence-corrected chi connectivity index (χ2v) is 10.4. The molecule has 0 spiro atoms. The number of carbonyl (C=O) groups is 2. The molecule has 8 nitrogen and oxygen atoms in total. The lowest BCUT2D eigenvalue weighted by molar-refractivity contribution is -0.139. The fourth-order valence-electron chi connectivity index (χ4n) is 3.08. The molecule has 2 rings (SSSR count). The lowest BCUT2D eigenvalue weighted by Gasteiger charge is -2.33. The van der Waals surface area contributed by atoms with Gasteiger partial charge in [0, 0.05) is 42.8 Å².